The highest BCUT2D eigenvalue weighted by atomic mass is 19.1. The Morgan fingerprint density at radius 2 is 1.93 bits per heavy atom. The van der Waals surface area contributed by atoms with Crippen molar-refractivity contribution in [2.75, 3.05) is 20.3 Å². The van der Waals surface area contributed by atoms with E-state index in [0.29, 0.717) is 19.1 Å². The minimum absolute atomic E-state index is 0.214. The maximum atomic E-state index is 12.7. The second-order valence-corrected chi connectivity index (χ2v) is 3.83. The lowest BCUT2D eigenvalue weighted by Crippen LogP contribution is -2.22. The molecular weight excluding hydrogens is 193 g/mol. The lowest BCUT2D eigenvalue weighted by atomic mass is 9.88. The number of halogens is 1. The lowest BCUT2D eigenvalue weighted by Gasteiger charge is -2.22. The number of nitrogens with two attached hydrogens (primary N) is 1. The summed E-state index contributed by atoms with van der Waals surface area (Å²) in [5, 5.41) is 0. The molecule has 0 aromatic heterocycles. The highest BCUT2D eigenvalue weighted by Crippen LogP contribution is 2.23. The molecular formula is C12H18FNO. The number of hydrogen-bond donors (Lipinski definition) is 1. The minimum atomic E-state index is -0.214. The topological polar surface area (TPSA) is 35.2 Å². The lowest BCUT2D eigenvalue weighted by molar-refractivity contribution is 0.147. The van der Waals surface area contributed by atoms with E-state index in [9.17, 15) is 4.39 Å². The molecule has 0 aliphatic carbocycles. The van der Waals surface area contributed by atoms with Gasteiger partial charge in [0, 0.05) is 19.6 Å². The van der Waals surface area contributed by atoms with Crippen molar-refractivity contribution in [1.82, 2.24) is 0 Å². The maximum absolute atomic E-state index is 12.7. The zero-order chi connectivity index (χ0) is 11.3. The van der Waals surface area contributed by atoms with E-state index < -0.39 is 0 Å². The molecule has 0 radical (unpaired) electrons. The van der Waals surface area contributed by atoms with Crippen molar-refractivity contribution in [3.8, 4) is 0 Å². The monoisotopic (exact) mass is 211 g/mol. The number of ether oxygens (including phenoxy) is 1. The van der Waals surface area contributed by atoms with Crippen molar-refractivity contribution in [2.24, 2.45) is 11.7 Å². The predicted molar refractivity (Wildman–Crippen MR) is 59.2 cm³/mol. The van der Waals surface area contributed by atoms with Gasteiger partial charge in [-0.15, -0.1) is 0 Å². The molecule has 0 saturated carbocycles. The van der Waals surface area contributed by atoms with Gasteiger partial charge in [-0.2, -0.15) is 0 Å². The number of benzene rings is 1. The van der Waals surface area contributed by atoms with Gasteiger partial charge in [-0.1, -0.05) is 19.1 Å². The molecule has 0 fully saturated rings. The SMILES string of the molecule is COCC(C)C(CN)c1ccc(F)cc1. The molecule has 0 spiro atoms. The molecule has 1 rings (SSSR count). The summed E-state index contributed by atoms with van der Waals surface area (Å²) in [5.41, 5.74) is 6.80. The molecule has 0 aliphatic heterocycles. The Hall–Kier alpha value is -0.930. The van der Waals surface area contributed by atoms with Gasteiger partial charge in [-0.25, -0.2) is 4.39 Å². The summed E-state index contributed by atoms with van der Waals surface area (Å²) in [6, 6.07) is 6.52. The van der Waals surface area contributed by atoms with Crippen molar-refractivity contribution in [2.45, 2.75) is 12.8 Å². The van der Waals surface area contributed by atoms with Gasteiger partial charge in [-0.05, 0) is 30.2 Å². The van der Waals surface area contributed by atoms with Crippen molar-refractivity contribution < 1.29 is 9.13 Å². The van der Waals surface area contributed by atoms with Gasteiger partial charge in [-0.3, -0.25) is 0 Å². The second-order valence-electron chi connectivity index (χ2n) is 3.83. The quantitative estimate of drug-likeness (QED) is 0.810. The molecule has 0 saturated heterocycles. The van der Waals surface area contributed by atoms with Crippen LogP contribution in [0.15, 0.2) is 24.3 Å². The third-order valence-electron chi connectivity index (χ3n) is 2.67. The maximum Gasteiger partial charge on any atom is 0.123 e. The fourth-order valence-electron chi connectivity index (χ4n) is 1.79. The van der Waals surface area contributed by atoms with E-state index >= 15 is 0 Å². The van der Waals surface area contributed by atoms with E-state index in [4.69, 9.17) is 10.5 Å². The Bertz CT molecular complexity index is 286. The summed E-state index contributed by atoms with van der Waals surface area (Å²) in [7, 11) is 1.68. The molecule has 0 amide bonds. The Morgan fingerprint density at radius 1 is 1.33 bits per heavy atom. The van der Waals surface area contributed by atoms with Crippen LogP contribution in [0.2, 0.25) is 0 Å². The number of rotatable bonds is 5. The smallest absolute Gasteiger partial charge is 0.123 e. The first-order chi connectivity index (χ1) is 7.19. The largest absolute Gasteiger partial charge is 0.384 e. The molecule has 2 nitrogen and oxygen atoms in total. The van der Waals surface area contributed by atoms with Crippen molar-refractivity contribution >= 4 is 0 Å². The van der Waals surface area contributed by atoms with Crippen LogP contribution in [-0.2, 0) is 4.74 Å². The molecule has 0 bridgehead atoms. The van der Waals surface area contributed by atoms with Gasteiger partial charge in [0.2, 0.25) is 0 Å². The van der Waals surface area contributed by atoms with Crippen LogP contribution in [0.1, 0.15) is 18.4 Å². The molecule has 1 aromatic rings. The van der Waals surface area contributed by atoms with Crippen molar-refractivity contribution in [3.05, 3.63) is 35.6 Å². The minimum Gasteiger partial charge on any atom is -0.384 e. The summed E-state index contributed by atoms with van der Waals surface area (Å²) in [6.45, 7) is 3.31. The van der Waals surface area contributed by atoms with Crippen LogP contribution in [0.25, 0.3) is 0 Å². The molecule has 2 unspecified atom stereocenters. The van der Waals surface area contributed by atoms with Gasteiger partial charge in [0.15, 0.2) is 0 Å². The molecule has 0 aliphatic rings. The summed E-state index contributed by atoms with van der Waals surface area (Å²) in [5.74, 6) is 0.352. The molecule has 15 heavy (non-hydrogen) atoms. The molecule has 84 valence electrons. The summed E-state index contributed by atoms with van der Waals surface area (Å²) < 4.78 is 17.8. The van der Waals surface area contributed by atoms with Crippen LogP contribution in [0.3, 0.4) is 0 Å². The molecule has 0 heterocycles. The standard InChI is InChI=1S/C12H18FNO/c1-9(8-15-2)12(7-14)10-3-5-11(13)6-4-10/h3-6,9,12H,7-8,14H2,1-2H3. The average Bonchev–Trinajstić information content (AvgIpc) is 2.22. The fraction of sp³-hybridized carbons (Fsp3) is 0.500. The Labute approximate surface area is 90.2 Å². The van der Waals surface area contributed by atoms with Gasteiger partial charge >= 0.3 is 0 Å². The van der Waals surface area contributed by atoms with E-state index in [1.54, 1.807) is 19.2 Å². The first-order valence-electron chi connectivity index (χ1n) is 5.13. The first kappa shape index (κ1) is 12.1. The normalized spacial score (nSPS) is 14.9. The Kier molecular flexibility index (Phi) is 4.72. The van der Waals surface area contributed by atoms with Crippen LogP contribution in [0.5, 0.6) is 0 Å². The van der Waals surface area contributed by atoms with Crippen LogP contribution in [0, 0.1) is 11.7 Å². The summed E-state index contributed by atoms with van der Waals surface area (Å²) in [4.78, 5) is 0. The van der Waals surface area contributed by atoms with E-state index in [1.165, 1.54) is 12.1 Å². The van der Waals surface area contributed by atoms with Gasteiger partial charge in [0.1, 0.15) is 5.82 Å². The molecule has 2 atom stereocenters. The Balaban J connectivity index is 2.77. The highest BCUT2D eigenvalue weighted by molar-refractivity contribution is 5.21. The van der Waals surface area contributed by atoms with E-state index in [-0.39, 0.29) is 11.7 Å². The van der Waals surface area contributed by atoms with Crippen LogP contribution >= 0.6 is 0 Å². The third kappa shape index (κ3) is 3.29. The highest BCUT2D eigenvalue weighted by Gasteiger charge is 2.17. The summed E-state index contributed by atoms with van der Waals surface area (Å²) >= 11 is 0. The third-order valence-corrected chi connectivity index (χ3v) is 2.67. The number of hydrogen-bond acceptors (Lipinski definition) is 2. The number of methoxy groups -OCH3 is 1. The molecule has 3 heteroatoms. The van der Waals surface area contributed by atoms with Crippen molar-refractivity contribution in [1.29, 1.82) is 0 Å². The Morgan fingerprint density at radius 3 is 2.40 bits per heavy atom. The van der Waals surface area contributed by atoms with Crippen molar-refractivity contribution in [3.63, 3.8) is 0 Å². The van der Waals surface area contributed by atoms with Gasteiger partial charge in [0.25, 0.3) is 0 Å². The van der Waals surface area contributed by atoms with Crippen LogP contribution in [0.4, 0.5) is 4.39 Å². The van der Waals surface area contributed by atoms with Gasteiger partial charge < -0.3 is 10.5 Å². The van der Waals surface area contributed by atoms with E-state index in [2.05, 4.69) is 6.92 Å². The predicted octanol–water partition coefficient (Wildman–Crippen LogP) is 2.15. The zero-order valence-electron chi connectivity index (χ0n) is 9.24. The van der Waals surface area contributed by atoms with Crippen LogP contribution < -0.4 is 5.73 Å². The second kappa shape index (κ2) is 5.83. The van der Waals surface area contributed by atoms with E-state index in [1.807, 2.05) is 0 Å². The zero-order valence-corrected chi connectivity index (χ0v) is 9.24. The van der Waals surface area contributed by atoms with E-state index in [0.717, 1.165) is 5.56 Å². The molecule has 2 N–H and O–H groups in total. The van der Waals surface area contributed by atoms with Gasteiger partial charge in [0.05, 0.1) is 0 Å². The fourth-order valence-corrected chi connectivity index (χ4v) is 1.79. The van der Waals surface area contributed by atoms with Crippen LogP contribution in [-0.4, -0.2) is 20.3 Å². The first-order valence-corrected chi connectivity index (χ1v) is 5.13. The molecule has 1 aromatic carbocycles. The summed E-state index contributed by atoms with van der Waals surface area (Å²) in [6.07, 6.45) is 0. The average molecular weight is 211 g/mol.